The number of aryl methyl sites for hydroxylation is 2. The number of rotatable bonds is 6. The van der Waals surface area contributed by atoms with Crippen molar-refractivity contribution in [2.24, 2.45) is 11.8 Å². The second kappa shape index (κ2) is 6.85. The van der Waals surface area contributed by atoms with Crippen molar-refractivity contribution < 1.29 is 0 Å². The van der Waals surface area contributed by atoms with Crippen molar-refractivity contribution in [3.63, 3.8) is 0 Å². The van der Waals surface area contributed by atoms with Gasteiger partial charge in [-0.1, -0.05) is 39.5 Å². The van der Waals surface area contributed by atoms with E-state index in [2.05, 4.69) is 33.0 Å². The van der Waals surface area contributed by atoms with E-state index in [0.29, 0.717) is 6.04 Å². The molecule has 1 unspecified atom stereocenters. The average Bonchev–Trinajstić information content (AvgIpc) is 2.96. The maximum absolute atomic E-state index is 4.74. The van der Waals surface area contributed by atoms with Crippen molar-refractivity contribution >= 4 is 11.3 Å². The zero-order valence-electron chi connectivity index (χ0n) is 12.8. The van der Waals surface area contributed by atoms with Gasteiger partial charge in [0.1, 0.15) is 0 Å². The van der Waals surface area contributed by atoms with Crippen LogP contribution in [0.25, 0.3) is 0 Å². The van der Waals surface area contributed by atoms with Crippen molar-refractivity contribution in [1.82, 2.24) is 10.3 Å². The largest absolute Gasteiger partial charge is 0.314 e. The lowest BCUT2D eigenvalue weighted by Gasteiger charge is -2.24. The minimum Gasteiger partial charge on any atom is -0.314 e. The predicted octanol–water partition coefficient (Wildman–Crippen LogP) is 4.11. The van der Waals surface area contributed by atoms with Gasteiger partial charge in [-0.05, 0) is 32.2 Å². The van der Waals surface area contributed by atoms with E-state index in [9.17, 15) is 0 Å². The third-order valence-electron chi connectivity index (χ3n) is 4.36. The van der Waals surface area contributed by atoms with Crippen molar-refractivity contribution in [2.75, 3.05) is 6.54 Å². The third kappa shape index (κ3) is 4.28. The van der Waals surface area contributed by atoms with E-state index in [1.165, 1.54) is 47.7 Å². The van der Waals surface area contributed by atoms with E-state index >= 15 is 0 Å². The first-order valence-electron chi connectivity index (χ1n) is 7.72. The Morgan fingerprint density at radius 2 is 1.95 bits per heavy atom. The molecule has 0 spiro atoms. The lowest BCUT2D eigenvalue weighted by atomic mass is 9.88. The van der Waals surface area contributed by atoms with Gasteiger partial charge in [0.05, 0.1) is 10.7 Å². The number of thiazole rings is 1. The van der Waals surface area contributed by atoms with Gasteiger partial charge in [0.25, 0.3) is 0 Å². The van der Waals surface area contributed by atoms with Gasteiger partial charge in [-0.3, -0.25) is 0 Å². The molecule has 1 aromatic heterocycles. The highest BCUT2D eigenvalue weighted by molar-refractivity contribution is 7.11. The first-order valence-corrected chi connectivity index (χ1v) is 8.54. The molecule has 1 aliphatic carbocycles. The summed E-state index contributed by atoms with van der Waals surface area (Å²) < 4.78 is 0. The molecule has 1 N–H and O–H groups in total. The van der Waals surface area contributed by atoms with E-state index in [1.54, 1.807) is 0 Å². The van der Waals surface area contributed by atoms with Crippen molar-refractivity contribution in [3.05, 3.63) is 15.6 Å². The van der Waals surface area contributed by atoms with Gasteiger partial charge in [-0.25, -0.2) is 4.98 Å². The van der Waals surface area contributed by atoms with Gasteiger partial charge in [0.2, 0.25) is 0 Å². The van der Waals surface area contributed by atoms with Gasteiger partial charge in [-0.15, -0.1) is 11.3 Å². The zero-order valence-corrected chi connectivity index (χ0v) is 13.6. The Morgan fingerprint density at radius 1 is 1.26 bits per heavy atom. The standard InChI is InChI=1S/C16H28N2S/c1-11(2)17-10-15(14-7-5-6-8-14)9-16-18-12(3)13(4)19-16/h11,14-15,17H,5-10H2,1-4H3. The smallest absolute Gasteiger partial charge is 0.0934 e. The number of nitrogens with zero attached hydrogens (tertiary/aromatic N) is 1. The molecule has 0 aliphatic heterocycles. The van der Waals surface area contributed by atoms with Crippen LogP contribution in [0.2, 0.25) is 0 Å². The predicted molar refractivity (Wildman–Crippen MR) is 83.9 cm³/mol. The van der Waals surface area contributed by atoms with Gasteiger partial charge in [-0.2, -0.15) is 0 Å². The molecule has 1 atom stereocenters. The summed E-state index contributed by atoms with van der Waals surface area (Å²) in [6, 6.07) is 0.587. The second-order valence-electron chi connectivity index (χ2n) is 6.32. The molecular formula is C16H28N2S. The molecule has 1 aliphatic rings. The Kier molecular flexibility index (Phi) is 5.40. The van der Waals surface area contributed by atoms with Crippen LogP contribution >= 0.6 is 11.3 Å². The molecule has 0 bridgehead atoms. The van der Waals surface area contributed by atoms with Crippen LogP contribution in [0.4, 0.5) is 0 Å². The van der Waals surface area contributed by atoms with Crippen LogP contribution in [0.3, 0.4) is 0 Å². The molecule has 2 rings (SSSR count). The molecule has 0 saturated heterocycles. The Morgan fingerprint density at radius 3 is 2.47 bits per heavy atom. The Bertz CT molecular complexity index is 372. The summed E-state index contributed by atoms with van der Waals surface area (Å²) in [5.74, 6) is 1.69. The molecule has 0 amide bonds. The van der Waals surface area contributed by atoms with E-state index in [4.69, 9.17) is 4.98 Å². The minimum absolute atomic E-state index is 0.587. The highest BCUT2D eigenvalue weighted by Crippen LogP contribution is 2.34. The summed E-state index contributed by atoms with van der Waals surface area (Å²) in [6.07, 6.45) is 6.88. The van der Waals surface area contributed by atoms with Crippen LogP contribution in [0.5, 0.6) is 0 Å². The summed E-state index contributed by atoms with van der Waals surface area (Å²) in [5.41, 5.74) is 1.22. The minimum atomic E-state index is 0.587. The van der Waals surface area contributed by atoms with Crippen molar-refractivity contribution in [2.45, 2.75) is 65.8 Å². The maximum Gasteiger partial charge on any atom is 0.0934 e. The number of aromatic nitrogens is 1. The molecule has 2 nitrogen and oxygen atoms in total. The maximum atomic E-state index is 4.74. The highest BCUT2D eigenvalue weighted by Gasteiger charge is 2.26. The summed E-state index contributed by atoms with van der Waals surface area (Å²) >= 11 is 1.90. The lowest BCUT2D eigenvalue weighted by molar-refractivity contribution is 0.312. The molecule has 108 valence electrons. The van der Waals surface area contributed by atoms with Gasteiger partial charge in [0.15, 0.2) is 0 Å². The molecule has 3 heteroatoms. The van der Waals surface area contributed by atoms with Gasteiger partial charge < -0.3 is 5.32 Å². The van der Waals surface area contributed by atoms with Crippen molar-refractivity contribution in [3.8, 4) is 0 Å². The SMILES string of the molecule is Cc1nc(CC(CNC(C)C)C2CCCC2)sc1C. The highest BCUT2D eigenvalue weighted by atomic mass is 32.1. The summed E-state index contributed by atoms with van der Waals surface area (Å²) in [5, 5.41) is 4.99. The molecule has 1 saturated carbocycles. The van der Waals surface area contributed by atoms with Crippen LogP contribution in [-0.2, 0) is 6.42 Å². The first-order chi connectivity index (χ1) is 9.06. The van der Waals surface area contributed by atoms with Crippen LogP contribution in [0.1, 0.15) is 55.1 Å². The topological polar surface area (TPSA) is 24.9 Å². The third-order valence-corrected chi connectivity index (χ3v) is 5.46. The number of hydrogen-bond donors (Lipinski definition) is 1. The van der Waals surface area contributed by atoms with E-state index < -0.39 is 0 Å². The average molecular weight is 280 g/mol. The molecule has 1 fully saturated rings. The lowest BCUT2D eigenvalue weighted by Crippen LogP contribution is -2.33. The molecule has 0 radical (unpaired) electrons. The van der Waals surface area contributed by atoms with Crippen LogP contribution in [0, 0.1) is 25.7 Å². The monoisotopic (exact) mass is 280 g/mol. The Labute approximate surface area is 122 Å². The van der Waals surface area contributed by atoms with Gasteiger partial charge in [0, 0.05) is 17.3 Å². The molecule has 0 aromatic carbocycles. The number of nitrogens with one attached hydrogen (secondary N) is 1. The summed E-state index contributed by atoms with van der Waals surface area (Å²) in [6.45, 7) is 9.95. The van der Waals surface area contributed by atoms with E-state index in [1.807, 2.05) is 11.3 Å². The summed E-state index contributed by atoms with van der Waals surface area (Å²) in [7, 11) is 0. The Balaban J connectivity index is 1.99. The first kappa shape index (κ1) is 15.0. The van der Waals surface area contributed by atoms with Crippen molar-refractivity contribution in [1.29, 1.82) is 0 Å². The van der Waals surface area contributed by atoms with Crippen LogP contribution in [0.15, 0.2) is 0 Å². The van der Waals surface area contributed by atoms with Crippen LogP contribution in [-0.4, -0.2) is 17.6 Å². The fourth-order valence-electron chi connectivity index (χ4n) is 3.07. The van der Waals surface area contributed by atoms with Gasteiger partial charge >= 0.3 is 0 Å². The molecule has 1 aromatic rings. The molecule has 19 heavy (non-hydrogen) atoms. The fourth-order valence-corrected chi connectivity index (χ4v) is 4.10. The van der Waals surface area contributed by atoms with E-state index in [-0.39, 0.29) is 0 Å². The second-order valence-corrected chi connectivity index (χ2v) is 7.61. The Hall–Kier alpha value is -0.410. The fraction of sp³-hybridized carbons (Fsp3) is 0.812. The normalized spacial score (nSPS) is 18.4. The van der Waals surface area contributed by atoms with Crippen LogP contribution < -0.4 is 5.32 Å². The quantitative estimate of drug-likeness (QED) is 0.848. The molecule has 1 heterocycles. The van der Waals surface area contributed by atoms with E-state index in [0.717, 1.165) is 18.4 Å². The zero-order chi connectivity index (χ0) is 13.8. The molecular weight excluding hydrogens is 252 g/mol. The number of hydrogen-bond acceptors (Lipinski definition) is 3. The summed E-state index contributed by atoms with van der Waals surface area (Å²) in [4.78, 5) is 6.13.